The van der Waals surface area contributed by atoms with Crippen LogP contribution in [0, 0.1) is 0 Å². The van der Waals surface area contributed by atoms with E-state index in [1.807, 2.05) is 25.1 Å². The zero-order valence-electron chi connectivity index (χ0n) is 11.0. The predicted octanol–water partition coefficient (Wildman–Crippen LogP) is 2.80. The highest BCUT2D eigenvalue weighted by atomic mass is 16.5. The minimum atomic E-state index is -0.248. The number of hydrogen-bond donors (Lipinski definition) is 0. The second-order valence-electron chi connectivity index (χ2n) is 4.42. The van der Waals surface area contributed by atoms with Gasteiger partial charge in [-0.1, -0.05) is 25.5 Å². The molecule has 0 aliphatic rings. The lowest BCUT2D eigenvalue weighted by Crippen LogP contribution is -2.13. The lowest BCUT2D eigenvalue weighted by Gasteiger charge is -2.06. The number of carbonyl (C=O) groups is 2. The van der Waals surface area contributed by atoms with E-state index in [0.717, 1.165) is 30.0 Å². The molecule has 4 heteroatoms. The van der Waals surface area contributed by atoms with Gasteiger partial charge < -0.3 is 9.30 Å². The Morgan fingerprint density at radius 1 is 1.37 bits per heavy atom. The highest BCUT2D eigenvalue weighted by Crippen LogP contribution is 2.19. The van der Waals surface area contributed by atoms with Crippen LogP contribution >= 0.6 is 0 Å². The maximum absolute atomic E-state index is 11.7. The van der Waals surface area contributed by atoms with Gasteiger partial charge in [-0.3, -0.25) is 9.59 Å². The topological polar surface area (TPSA) is 48.3 Å². The van der Waals surface area contributed by atoms with Gasteiger partial charge in [-0.25, -0.2) is 0 Å². The maximum atomic E-state index is 11.7. The van der Waals surface area contributed by atoms with Crippen molar-refractivity contribution in [1.82, 2.24) is 4.57 Å². The monoisotopic (exact) mass is 259 g/mol. The first-order valence-corrected chi connectivity index (χ1v) is 6.45. The summed E-state index contributed by atoms with van der Waals surface area (Å²) in [6.45, 7) is 2.69. The van der Waals surface area contributed by atoms with Crippen LogP contribution in [0.5, 0.6) is 0 Å². The molecule has 0 unspecified atom stereocenters. The molecule has 0 saturated heterocycles. The van der Waals surface area contributed by atoms with Crippen molar-refractivity contribution in [3.63, 3.8) is 0 Å². The number of esters is 1. The van der Waals surface area contributed by atoms with Crippen molar-refractivity contribution >= 4 is 23.2 Å². The van der Waals surface area contributed by atoms with Crippen LogP contribution in [0.1, 0.15) is 30.1 Å². The molecular weight excluding hydrogens is 242 g/mol. The SMILES string of the molecule is CCCCOC(=O)Cn1ccc2c(C=O)cccc21. The van der Waals surface area contributed by atoms with Crippen LogP contribution in [0.2, 0.25) is 0 Å². The van der Waals surface area contributed by atoms with Gasteiger partial charge in [-0.05, 0) is 18.6 Å². The van der Waals surface area contributed by atoms with Crippen molar-refractivity contribution in [3.05, 3.63) is 36.0 Å². The molecule has 0 radical (unpaired) electrons. The number of ether oxygens (including phenoxy) is 1. The van der Waals surface area contributed by atoms with Gasteiger partial charge in [0.1, 0.15) is 6.54 Å². The summed E-state index contributed by atoms with van der Waals surface area (Å²) in [5.74, 6) is -0.248. The molecule has 1 heterocycles. The Bertz CT molecular complexity index is 586. The molecule has 100 valence electrons. The van der Waals surface area contributed by atoms with Crippen molar-refractivity contribution in [3.8, 4) is 0 Å². The molecule has 0 N–H and O–H groups in total. The number of aromatic nitrogens is 1. The summed E-state index contributed by atoms with van der Waals surface area (Å²) in [5, 5.41) is 0.860. The van der Waals surface area contributed by atoms with Crippen LogP contribution in [0.4, 0.5) is 0 Å². The van der Waals surface area contributed by atoms with Gasteiger partial charge >= 0.3 is 5.97 Å². The van der Waals surface area contributed by atoms with Crippen LogP contribution in [-0.2, 0) is 16.1 Å². The van der Waals surface area contributed by atoms with Crippen molar-refractivity contribution in [2.24, 2.45) is 0 Å². The number of aldehydes is 1. The van der Waals surface area contributed by atoms with Crippen molar-refractivity contribution in [1.29, 1.82) is 0 Å². The third-order valence-electron chi connectivity index (χ3n) is 3.03. The number of nitrogens with zero attached hydrogens (tertiary/aromatic N) is 1. The van der Waals surface area contributed by atoms with E-state index in [-0.39, 0.29) is 12.5 Å². The first kappa shape index (κ1) is 13.3. The number of carbonyl (C=O) groups excluding carboxylic acids is 2. The minimum absolute atomic E-state index is 0.176. The molecule has 19 heavy (non-hydrogen) atoms. The van der Waals surface area contributed by atoms with Crippen LogP contribution in [0.3, 0.4) is 0 Å². The van der Waals surface area contributed by atoms with Gasteiger partial charge in [0.15, 0.2) is 6.29 Å². The second-order valence-corrected chi connectivity index (χ2v) is 4.42. The number of fused-ring (bicyclic) bond motifs is 1. The molecule has 0 fully saturated rings. The van der Waals surface area contributed by atoms with E-state index < -0.39 is 0 Å². The van der Waals surface area contributed by atoms with Gasteiger partial charge in [0.2, 0.25) is 0 Å². The predicted molar refractivity (Wildman–Crippen MR) is 73.2 cm³/mol. The molecule has 0 bridgehead atoms. The maximum Gasteiger partial charge on any atom is 0.325 e. The Kier molecular flexibility index (Phi) is 4.34. The number of hydrogen-bond acceptors (Lipinski definition) is 3. The van der Waals surface area contributed by atoms with E-state index in [4.69, 9.17) is 4.74 Å². The Hall–Kier alpha value is -2.10. The summed E-state index contributed by atoms with van der Waals surface area (Å²) in [6, 6.07) is 7.31. The second kappa shape index (κ2) is 6.18. The van der Waals surface area contributed by atoms with Crippen LogP contribution in [0.25, 0.3) is 10.9 Å². The standard InChI is InChI=1S/C15H17NO3/c1-2-3-9-19-15(18)10-16-8-7-13-12(11-17)5-4-6-14(13)16/h4-8,11H,2-3,9-10H2,1H3. The van der Waals surface area contributed by atoms with E-state index in [1.165, 1.54) is 0 Å². The Labute approximate surface area is 112 Å². The van der Waals surface area contributed by atoms with Crippen LogP contribution < -0.4 is 0 Å². The summed E-state index contributed by atoms with van der Waals surface area (Å²) < 4.78 is 6.93. The Morgan fingerprint density at radius 3 is 2.95 bits per heavy atom. The average molecular weight is 259 g/mol. The molecule has 1 aromatic carbocycles. The van der Waals surface area contributed by atoms with E-state index >= 15 is 0 Å². The smallest absolute Gasteiger partial charge is 0.325 e. The number of rotatable bonds is 6. The molecule has 1 aromatic heterocycles. The van der Waals surface area contributed by atoms with Crippen LogP contribution in [-0.4, -0.2) is 23.4 Å². The van der Waals surface area contributed by atoms with E-state index in [0.29, 0.717) is 12.2 Å². The molecule has 0 atom stereocenters. The van der Waals surface area contributed by atoms with E-state index in [1.54, 1.807) is 16.8 Å². The van der Waals surface area contributed by atoms with Crippen LogP contribution in [0.15, 0.2) is 30.5 Å². The lowest BCUT2D eigenvalue weighted by molar-refractivity contribution is -0.144. The first-order valence-electron chi connectivity index (χ1n) is 6.45. The highest BCUT2D eigenvalue weighted by Gasteiger charge is 2.09. The summed E-state index contributed by atoms with van der Waals surface area (Å²) in [4.78, 5) is 22.6. The molecule has 4 nitrogen and oxygen atoms in total. The fraction of sp³-hybridized carbons (Fsp3) is 0.333. The minimum Gasteiger partial charge on any atom is -0.464 e. The zero-order chi connectivity index (χ0) is 13.7. The molecule has 2 rings (SSSR count). The molecule has 0 spiro atoms. The van der Waals surface area contributed by atoms with E-state index in [2.05, 4.69) is 0 Å². The van der Waals surface area contributed by atoms with Gasteiger partial charge in [0.05, 0.1) is 6.61 Å². The summed E-state index contributed by atoms with van der Waals surface area (Å²) in [6.07, 6.45) is 4.51. The van der Waals surface area contributed by atoms with Crippen molar-refractivity contribution < 1.29 is 14.3 Å². The van der Waals surface area contributed by atoms with Gasteiger partial charge in [0.25, 0.3) is 0 Å². The molecule has 0 amide bonds. The molecule has 0 aliphatic carbocycles. The van der Waals surface area contributed by atoms with Crippen molar-refractivity contribution in [2.75, 3.05) is 6.61 Å². The van der Waals surface area contributed by atoms with E-state index in [9.17, 15) is 9.59 Å². The third-order valence-corrected chi connectivity index (χ3v) is 3.03. The Balaban J connectivity index is 2.13. The first-order chi connectivity index (χ1) is 9.26. The molecule has 0 aliphatic heterocycles. The Morgan fingerprint density at radius 2 is 2.21 bits per heavy atom. The average Bonchev–Trinajstić information content (AvgIpc) is 2.82. The van der Waals surface area contributed by atoms with Gasteiger partial charge in [0, 0.05) is 22.7 Å². The number of unbranched alkanes of at least 4 members (excludes halogenated alkanes) is 1. The highest BCUT2D eigenvalue weighted by molar-refractivity contribution is 5.97. The summed E-state index contributed by atoms with van der Waals surface area (Å²) >= 11 is 0. The summed E-state index contributed by atoms with van der Waals surface area (Å²) in [7, 11) is 0. The third kappa shape index (κ3) is 3.02. The lowest BCUT2D eigenvalue weighted by atomic mass is 10.1. The largest absolute Gasteiger partial charge is 0.464 e. The summed E-state index contributed by atoms with van der Waals surface area (Å²) in [5.41, 5.74) is 1.51. The number of benzene rings is 1. The fourth-order valence-corrected chi connectivity index (χ4v) is 2.00. The molecule has 0 saturated carbocycles. The molecular formula is C15H17NO3. The quantitative estimate of drug-likeness (QED) is 0.455. The normalized spacial score (nSPS) is 10.6. The molecule has 2 aromatic rings. The fourth-order valence-electron chi connectivity index (χ4n) is 2.00. The zero-order valence-corrected chi connectivity index (χ0v) is 11.0. The van der Waals surface area contributed by atoms with Gasteiger partial charge in [-0.2, -0.15) is 0 Å². The van der Waals surface area contributed by atoms with Gasteiger partial charge in [-0.15, -0.1) is 0 Å². The van der Waals surface area contributed by atoms with Crippen molar-refractivity contribution in [2.45, 2.75) is 26.3 Å².